The molecule has 1 N–H and O–H groups in total. The standard InChI is InChI=1S/C19H23N3O/c1-12-18(13(2)22(21-12)16-6-4-3-5-7-16)20-19(23)17-11-14-8-9-15(17)10-14/h3-7,14-15,17H,8-11H2,1-2H3,(H,20,23). The lowest BCUT2D eigenvalue weighted by atomic mass is 9.88. The van der Waals surface area contributed by atoms with E-state index in [1.807, 2.05) is 48.9 Å². The van der Waals surface area contributed by atoms with E-state index in [4.69, 9.17) is 0 Å². The first kappa shape index (κ1) is 14.5. The first-order valence-electron chi connectivity index (χ1n) is 8.56. The largest absolute Gasteiger partial charge is 0.323 e. The van der Waals surface area contributed by atoms with Crippen LogP contribution in [0.1, 0.15) is 37.1 Å². The van der Waals surface area contributed by atoms with Gasteiger partial charge >= 0.3 is 0 Å². The lowest BCUT2D eigenvalue weighted by molar-refractivity contribution is -0.121. The summed E-state index contributed by atoms with van der Waals surface area (Å²) in [6.07, 6.45) is 4.86. The fraction of sp³-hybridized carbons (Fsp3) is 0.474. The van der Waals surface area contributed by atoms with E-state index in [0.717, 1.165) is 35.1 Å². The highest BCUT2D eigenvalue weighted by Gasteiger charge is 2.43. The highest BCUT2D eigenvalue weighted by molar-refractivity contribution is 5.94. The van der Waals surface area contributed by atoms with Gasteiger partial charge in [0.15, 0.2) is 0 Å². The molecule has 0 aliphatic heterocycles. The zero-order chi connectivity index (χ0) is 16.0. The Hall–Kier alpha value is -2.10. The Labute approximate surface area is 136 Å². The van der Waals surface area contributed by atoms with Crippen LogP contribution < -0.4 is 5.32 Å². The number of hydrogen-bond donors (Lipinski definition) is 1. The van der Waals surface area contributed by atoms with Crippen molar-refractivity contribution in [2.24, 2.45) is 17.8 Å². The van der Waals surface area contributed by atoms with Gasteiger partial charge in [-0.3, -0.25) is 4.79 Å². The molecule has 2 bridgehead atoms. The molecule has 2 fully saturated rings. The van der Waals surface area contributed by atoms with Gasteiger partial charge in [0.25, 0.3) is 0 Å². The van der Waals surface area contributed by atoms with E-state index in [-0.39, 0.29) is 11.8 Å². The molecule has 0 saturated heterocycles. The van der Waals surface area contributed by atoms with E-state index in [1.54, 1.807) is 0 Å². The molecule has 2 saturated carbocycles. The van der Waals surface area contributed by atoms with Crippen LogP contribution in [0.2, 0.25) is 0 Å². The number of rotatable bonds is 3. The summed E-state index contributed by atoms with van der Waals surface area (Å²) in [6.45, 7) is 3.98. The van der Waals surface area contributed by atoms with E-state index >= 15 is 0 Å². The second-order valence-electron chi connectivity index (χ2n) is 7.06. The Morgan fingerprint density at radius 1 is 1.17 bits per heavy atom. The van der Waals surface area contributed by atoms with Crippen molar-refractivity contribution in [2.45, 2.75) is 39.5 Å². The second-order valence-corrected chi connectivity index (χ2v) is 7.06. The highest BCUT2D eigenvalue weighted by Crippen LogP contribution is 2.48. The molecule has 4 nitrogen and oxygen atoms in total. The third kappa shape index (κ3) is 2.46. The van der Waals surface area contributed by atoms with Gasteiger partial charge in [0.05, 0.1) is 22.8 Å². The van der Waals surface area contributed by atoms with Gasteiger partial charge in [0.2, 0.25) is 5.91 Å². The Morgan fingerprint density at radius 3 is 2.61 bits per heavy atom. The van der Waals surface area contributed by atoms with Gasteiger partial charge in [-0.15, -0.1) is 0 Å². The molecule has 1 amide bonds. The van der Waals surface area contributed by atoms with Crippen LogP contribution in [0.3, 0.4) is 0 Å². The average molecular weight is 309 g/mol. The second kappa shape index (κ2) is 5.52. The Balaban J connectivity index is 1.58. The molecule has 1 aromatic heterocycles. The normalized spacial score (nSPS) is 25.7. The molecule has 2 aliphatic carbocycles. The summed E-state index contributed by atoms with van der Waals surface area (Å²) in [6, 6.07) is 10.0. The van der Waals surface area contributed by atoms with Crippen molar-refractivity contribution in [1.82, 2.24) is 9.78 Å². The zero-order valence-electron chi connectivity index (χ0n) is 13.7. The molecular weight excluding hydrogens is 286 g/mol. The number of nitrogens with one attached hydrogen (secondary N) is 1. The molecule has 4 heteroatoms. The first-order valence-corrected chi connectivity index (χ1v) is 8.56. The molecule has 120 valence electrons. The van der Waals surface area contributed by atoms with E-state index in [1.165, 1.54) is 19.3 Å². The molecule has 1 aromatic carbocycles. The Kier molecular flexibility index (Phi) is 3.47. The van der Waals surface area contributed by atoms with Gasteiger partial charge in [-0.25, -0.2) is 4.68 Å². The fourth-order valence-corrected chi connectivity index (χ4v) is 4.43. The molecule has 0 spiro atoms. The number of carbonyl (C=O) groups is 1. The van der Waals surface area contributed by atoms with E-state index < -0.39 is 0 Å². The monoisotopic (exact) mass is 309 g/mol. The van der Waals surface area contributed by atoms with E-state index in [2.05, 4.69) is 10.4 Å². The van der Waals surface area contributed by atoms with Crippen molar-refractivity contribution in [3.05, 3.63) is 41.7 Å². The van der Waals surface area contributed by atoms with Gasteiger partial charge in [-0.1, -0.05) is 24.6 Å². The Bertz CT molecular complexity index is 735. The summed E-state index contributed by atoms with van der Waals surface area (Å²) in [5.41, 5.74) is 3.77. The van der Waals surface area contributed by atoms with Crippen LogP contribution in [0.4, 0.5) is 5.69 Å². The van der Waals surface area contributed by atoms with Gasteiger partial charge in [0, 0.05) is 5.92 Å². The van der Waals surface area contributed by atoms with E-state index in [0.29, 0.717) is 5.92 Å². The third-order valence-electron chi connectivity index (χ3n) is 5.62. The summed E-state index contributed by atoms with van der Waals surface area (Å²) in [7, 11) is 0. The van der Waals surface area contributed by atoms with Crippen molar-refractivity contribution >= 4 is 11.6 Å². The quantitative estimate of drug-likeness (QED) is 0.935. The number of anilines is 1. The van der Waals surface area contributed by atoms with Gasteiger partial charge in [0.1, 0.15) is 0 Å². The molecule has 2 aliphatic rings. The number of fused-ring (bicyclic) bond motifs is 2. The van der Waals surface area contributed by atoms with Crippen LogP contribution in [-0.2, 0) is 4.79 Å². The minimum absolute atomic E-state index is 0.191. The summed E-state index contributed by atoms with van der Waals surface area (Å²) in [5, 5.41) is 7.78. The number of carbonyl (C=O) groups excluding carboxylic acids is 1. The summed E-state index contributed by atoms with van der Waals surface area (Å²) in [5.74, 6) is 1.78. The number of para-hydroxylation sites is 1. The minimum atomic E-state index is 0.191. The highest BCUT2D eigenvalue weighted by atomic mass is 16.1. The molecule has 23 heavy (non-hydrogen) atoms. The maximum Gasteiger partial charge on any atom is 0.227 e. The molecule has 3 atom stereocenters. The van der Waals surface area contributed by atoms with Crippen LogP contribution >= 0.6 is 0 Å². The van der Waals surface area contributed by atoms with E-state index in [9.17, 15) is 4.79 Å². The smallest absolute Gasteiger partial charge is 0.227 e. The maximum atomic E-state index is 12.7. The number of amides is 1. The van der Waals surface area contributed by atoms with Gasteiger partial charge < -0.3 is 5.32 Å². The van der Waals surface area contributed by atoms with Crippen LogP contribution in [0, 0.1) is 31.6 Å². The number of aryl methyl sites for hydroxylation is 1. The number of hydrogen-bond acceptors (Lipinski definition) is 2. The number of benzene rings is 1. The van der Waals surface area contributed by atoms with Crippen molar-refractivity contribution < 1.29 is 4.79 Å². The van der Waals surface area contributed by atoms with Crippen molar-refractivity contribution in [2.75, 3.05) is 5.32 Å². The predicted molar refractivity (Wildman–Crippen MR) is 90.6 cm³/mol. The van der Waals surface area contributed by atoms with Crippen LogP contribution in [0.5, 0.6) is 0 Å². The van der Waals surface area contributed by atoms with Crippen LogP contribution in [0.15, 0.2) is 30.3 Å². The number of aromatic nitrogens is 2. The molecule has 4 rings (SSSR count). The minimum Gasteiger partial charge on any atom is -0.323 e. The lowest BCUT2D eigenvalue weighted by Crippen LogP contribution is -2.27. The number of nitrogens with zero attached hydrogens (tertiary/aromatic N) is 2. The maximum absolute atomic E-state index is 12.7. The summed E-state index contributed by atoms with van der Waals surface area (Å²) >= 11 is 0. The molecular formula is C19H23N3O. The van der Waals surface area contributed by atoms with Crippen molar-refractivity contribution in [1.29, 1.82) is 0 Å². The van der Waals surface area contributed by atoms with Gasteiger partial charge in [-0.05, 0) is 57.1 Å². The molecule has 3 unspecified atom stereocenters. The van der Waals surface area contributed by atoms with Crippen molar-refractivity contribution in [3.63, 3.8) is 0 Å². The summed E-state index contributed by atoms with van der Waals surface area (Å²) in [4.78, 5) is 12.7. The third-order valence-corrected chi connectivity index (χ3v) is 5.62. The average Bonchev–Trinajstić information content (AvgIpc) is 3.26. The predicted octanol–water partition coefficient (Wildman–Crippen LogP) is 3.86. The van der Waals surface area contributed by atoms with Crippen molar-refractivity contribution in [3.8, 4) is 5.69 Å². The van der Waals surface area contributed by atoms with Crippen LogP contribution in [0.25, 0.3) is 5.69 Å². The first-order chi connectivity index (χ1) is 11.1. The fourth-order valence-electron chi connectivity index (χ4n) is 4.43. The van der Waals surface area contributed by atoms with Gasteiger partial charge in [-0.2, -0.15) is 5.10 Å². The Morgan fingerprint density at radius 2 is 1.96 bits per heavy atom. The zero-order valence-corrected chi connectivity index (χ0v) is 13.7. The molecule has 0 radical (unpaired) electrons. The van der Waals surface area contributed by atoms with Crippen LogP contribution in [-0.4, -0.2) is 15.7 Å². The molecule has 2 aromatic rings. The molecule has 1 heterocycles. The SMILES string of the molecule is Cc1nn(-c2ccccc2)c(C)c1NC(=O)C1CC2CCC1C2. The lowest BCUT2D eigenvalue weighted by Gasteiger charge is -2.20. The summed E-state index contributed by atoms with van der Waals surface area (Å²) < 4.78 is 1.91. The topological polar surface area (TPSA) is 46.9 Å².